The van der Waals surface area contributed by atoms with Gasteiger partial charge in [-0.2, -0.15) is 0 Å². The number of amides is 1. The first-order valence-electron chi connectivity index (χ1n) is 4.21. The molecule has 0 aromatic carbocycles. The number of hydrogen-bond acceptors (Lipinski definition) is 2. The van der Waals surface area contributed by atoms with Crippen LogP contribution in [0.25, 0.3) is 0 Å². The number of hydrogen-bond donors (Lipinski definition) is 1. The minimum Gasteiger partial charge on any atom is -0.366 e. The summed E-state index contributed by atoms with van der Waals surface area (Å²) in [6, 6.07) is 0. The number of nitrogens with zero attached hydrogens (tertiary/aromatic N) is 1. The Bertz CT molecular complexity index is 173. The van der Waals surface area contributed by atoms with Gasteiger partial charge in [-0.05, 0) is 20.5 Å². The molecule has 0 rings (SSSR count). The smallest absolute Gasteiger partial charge is 0.244 e. The summed E-state index contributed by atoms with van der Waals surface area (Å²) < 4.78 is 0. The average Bonchev–Trinajstić information content (AvgIpc) is 1.96. The van der Waals surface area contributed by atoms with Gasteiger partial charge in [0.25, 0.3) is 0 Å². The van der Waals surface area contributed by atoms with Crippen LogP contribution in [-0.2, 0) is 4.79 Å². The summed E-state index contributed by atoms with van der Waals surface area (Å²) in [4.78, 5) is 12.8. The van der Waals surface area contributed by atoms with E-state index in [2.05, 4.69) is 0 Å². The summed E-state index contributed by atoms with van der Waals surface area (Å²) in [7, 11) is 3.92. The molecule has 0 aliphatic rings. The number of carbonyl (C=O) groups is 1. The van der Waals surface area contributed by atoms with E-state index in [1.165, 1.54) is 0 Å². The topological polar surface area (TPSA) is 46.3 Å². The lowest BCUT2D eigenvalue weighted by molar-refractivity contribution is -0.114. The average molecular weight is 170 g/mol. The van der Waals surface area contributed by atoms with Crippen LogP contribution in [-0.4, -0.2) is 31.4 Å². The molecule has 0 aliphatic carbocycles. The van der Waals surface area contributed by atoms with Crippen molar-refractivity contribution in [2.45, 2.75) is 19.8 Å². The second-order valence-corrected chi connectivity index (χ2v) is 3.11. The van der Waals surface area contributed by atoms with Crippen LogP contribution in [0.1, 0.15) is 19.8 Å². The molecule has 0 spiro atoms. The molecule has 0 fully saturated rings. The van der Waals surface area contributed by atoms with E-state index in [1.54, 1.807) is 0 Å². The lowest BCUT2D eigenvalue weighted by Gasteiger charge is -2.06. The SMILES string of the molecule is CCC/C(=C\CN(C)C)C(N)=O. The molecule has 0 aromatic rings. The monoisotopic (exact) mass is 170 g/mol. The van der Waals surface area contributed by atoms with Crippen LogP contribution < -0.4 is 5.73 Å². The van der Waals surface area contributed by atoms with Gasteiger partial charge >= 0.3 is 0 Å². The van der Waals surface area contributed by atoms with Crippen molar-refractivity contribution in [3.05, 3.63) is 11.6 Å². The van der Waals surface area contributed by atoms with Crippen LogP contribution in [0, 0.1) is 0 Å². The highest BCUT2D eigenvalue weighted by molar-refractivity contribution is 5.91. The molecule has 0 saturated heterocycles. The fraction of sp³-hybridized carbons (Fsp3) is 0.667. The maximum atomic E-state index is 10.8. The highest BCUT2D eigenvalue weighted by atomic mass is 16.1. The third kappa shape index (κ3) is 4.91. The highest BCUT2D eigenvalue weighted by Crippen LogP contribution is 2.03. The quantitative estimate of drug-likeness (QED) is 0.619. The van der Waals surface area contributed by atoms with Crippen molar-refractivity contribution in [1.29, 1.82) is 0 Å². The zero-order valence-corrected chi connectivity index (χ0v) is 8.13. The van der Waals surface area contributed by atoms with Crippen molar-refractivity contribution >= 4 is 5.91 Å². The van der Waals surface area contributed by atoms with Crippen molar-refractivity contribution in [1.82, 2.24) is 4.90 Å². The summed E-state index contributed by atoms with van der Waals surface area (Å²) in [6.07, 6.45) is 3.64. The lowest BCUT2D eigenvalue weighted by Crippen LogP contribution is -2.17. The van der Waals surface area contributed by atoms with Crippen LogP contribution >= 0.6 is 0 Å². The van der Waals surface area contributed by atoms with Gasteiger partial charge in [-0.25, -0.2) is 0 Å². The van der Waals surface area contributed by atoms with Crippen LogP contribution in [0.2, 0.25) is 0 Å². The number of carbonyl (C=O) groups excluding carboxylic acids is 1. The van der Waals surface area contributed by atoms with Crippen LogP contribution in [0.3, 0.4) is 0 Å². The first-order chi connectivity index (χ1) is 5.57. The fourth-order valence-electron chi connectivity index (χ4n) is 0.888. The molecule has 12 heavy (non-hydrogen) atoms. The maximum absolute atomic E-state index is 10.8. The molecule has 3 heteroatoms. The minimum atomic E-state index is -0.293. The highest BCUT2D eigenvalue weighted by Gasteiger charge is 2.02. The summed E-state index contributed by atoms with van der Waals surface area (Å²) in [6.45, 7) is 2.81. The van der Waals surface area contributed by atoms with Gasteiger partial charge in [0.2, 0.25) is 5.91 Å². The first-order valence-corrected chi connectivity index (χ1v) is 4.21. The predicted molar refractivity (Wildman–Crippen MR) is 50.7 cm³/mol. The fourth-order valence-corrected chi connectivity index (χ4v) is 0.888. The van der Waals surface area contributed by atoms with Crippen molar-refractivity contribution in [3.8, 4) is 0 Å². The van der Waals surface area contributed by atoms with Crippen LogP contribution in [0.5, 0.6) is 0 Å². The second kappa shape index (κ2) is 5.77. The van der Waals surface area contributed by atoms with Gasteiger partial charge in [0, 0.05) is 12.1 Å². The zero-order chi connectivity index (χ0) is 9.56. The second-order valence-electron chi connectivity index (χ2n) is 3.11. The van der Waals surface area contributed by atoms with E-state index in [9.17, 15) is 4.79 Å². The van der Waals surface area contributed by atoms with Crippen molar-refractivity contribution in [2.24, 2.45) is 5.73 Å². The molecule has 0 aliphatic heterocycles. The van der Waals surface area contributed by atoms with Gasteiger partial charge in [0.1, 0.15) is 0 Å². The van der Waals surface area contributed by atoms with Gasteiger partial charge in [0.05, 0.1) is 0 Å². The van der Waals surface area contributed by atoms with Gasteiger partial charge in [0.15, 0.2) is 0 Å². The predicted octanol–water partition coefficient (Wildman–Crippen LogP) is 0.760. The molecule has 0 unspecified atom stereocenters. The number of rotatable bonds is 5. The molecule has 0 heterocycles. The molecule has 0 bridgehead atoms. The standard InChI is InChI=1S/C9H18N2O/c1-4-5-8(9(10)12)6-7-11(2)3/h6H,4-5,7H2,1-3H3,(H2,10,12)/b8-6+. The summed E-state index contributed by atoms with van der Waals surface area (Å²) in [5, 5.41) is 0. The van der Waals surface area contributed by atoms with E-state index in [-0.39, 0.29) is 5.91 Å². The van der Waals surface area contributed by atoms with E-state index in [0.29, 0.717) is 0 Å². The molecule has 70 valence electrons. The Hall–Kier alpha value is -0.830. The molecular formula is C9H18N2O. The Morgan fingerprint density at radius 1 is 1.50 bits per heavy atom. The van der Waals surface area contributed by atoms with E-state index >= 15 is 0 Å². The normalized spacial score (nSPS) is 12.2. The Labute approximate surface area is 74.2 Å². The Kier molecular flexibility index (Phi) is 5.37. The summed E-state index contributed by atoms with van der Waals surface area (Å²) in [5.74, 6) is -0.293. The lowest BCUT2D eigenvalue weighted by atomic mass is 10.1. The van der Waals surface area contributed by atoms with E-state index in [0.717, 1.165) is 25.0 Å². The summed E-state index contributed by atoms with van der Waals surface area (Å²) in [5.41, 5.74) is 5.93. The Morgan fingerprint density at radius 2 is 2.08 bits per heavy atom. The molecule has 3 nitrogen and oxygen atoms in total. The molecule has 0 atom stereocenters. The van der Waals surface area contributed by atoms with Gasteiger partial charge in [-0.15, -0.1) is 0 Å². The zero-order valence-electron chi connectivity index (χ0n) is 8.13. The van der Waals surface area contributed by atoms with E-state index in [4.69, 9.17) is 5.73 Å². The van der Waals surface area contributed by atoms with Crippen molar-refractivity contribution in [3.63, 3.8) is 0 Å². The third-order valence-corrected chi connectivity index (χ3v) is 1.54. The number of nitrogens with two attached hydrogens (primary N) is 1. The van der Waals surface area contributed by atoms with Crippen molar-refractivity contribution in [2.75, 3.05) is 20.6 Å². The van der Waals surface area contributed by atoms with E-state index < -0.39 is 0 Å². The Morgan fingerprint density at radius 3 is 2.42 bits per heavy atom. The van der Waals surface area contributed by atoms with E-state index in [1.807, 2.05) is 32.0 Å². The molecule has 0 saturated carbocycles. The van der Waals surface area contributed by atoms with Gasteiger partial charge in [-0.1, -0.05) is 19.4 Å². The van der Waals surface area contributed by atoms with Crippen LogP contribution in [0.4, 0.5) is 0 Å². The number of primary amides is 1. The number of likely N-dealkylation sites (N-methyl/N-ethyl adjacent to an activating group) is 1. The summed E-state index contributed by atoms with van der Waals surface area (Å²) >= 11 is 0. The largest absolute Gasteiger partial charge is 0.366 e. The first kappa shape index (κ1) is 11.2. The maximum Gasteiger partial charge on any atom is 0.244 e. The minimum absolute atomic E-state index is 0.293. The molecule has 0 radical (unpaired) electrons. The van der Waals surface area contributed by atoms with Gasteiger partial charge < -0.3 is 10.6 Å². The molecule has 0 aromatic heterocycles. The third-order valence-electron chi connectivity index (χ3n) is 1.54. The molecule has 2 N–H and O–H groups in total. The molecule has 1 amide bonds. The molecular weight excluding hydrogens is 152 g/mol. The van der Waals surface area contributed by atoms with Gasteiger partial charge in [-0.3, -0.25) is 4.79 Å². The Balaban J connectivity index is 4.09. The van der Waals surface area contributed by atoms with Crippen LogP contribution in [0.15, 0.2) is 11.6 Å². The van der Waals surface area contributed by atoms with Crippen molar-refractivity contribution < 1.29 is 4.79 Å².